The van der Waals surface area contributed by atoms with E-state index < -0.39 is 24.0 Å². The quantitative estimate of drug-likeness (QED) is 0.759. The second-order valence-electron chi connectivity index (χ2n) is 5.33. The normalized spacial score (nSPS) is 34.9. The Labute approximate surface area is 128 Å². The number of aliphatic hydroxyl groups is 1. The highest BCUT2D eigenvalue weighted by atomic mass is 79.9. The minimum atomic E-state index is -0.670. The maximum Gasteiger partial charge on any atom is 0.181 e. The van der Waals surface area contributed by atoms with E-state index in [1.807, 2.05) is 6.92 Å². The van der Waals surface area contributed by atoms with Crippen molar-refractivity contribution < 1.29 is 14.6 Å². The van der Waals surface area contributed by atoms with Crippen molar-refractivity contribution in [1.29, 1.82) is 0 Å². The van der Waals surface area contributed by atoms with Crippen LogP contribution in [0.15, 0.2) is 11.1 Å². The smallest absolute Gasteiger partial charge is 0.181 e. The zero-order chi connectivity index (χ0) is 14.8. The molecule has 2 saturated heterocycles. The summed E-state index contributed by atoms with van der Waals surface area (Å²) in [6, 6.07) is 0. The Morgan fingerprint density at radius 2 is 2.38 bits per heavy atom. The van der Waals surface area contributed by atoms with Crippen molar-refractivity contribution in [1.82, 2.24) is 19.5 Å². The third kappa shape index (κ3) is 1.62. The van der Waals surface area contributed by atoms with Crippen LogP contribution in [0.4, 0.5) is 5.82 Å². The number of nitrogen functional groups attached to an aromatic ring is 1. The maximum absolute atomic E-state index is 10.4. The average molecular weight is 356 g/mol. The fourth-order valence-corrected chi connectivity index (χ4v) is 3.63. The third-order valence-corrected chi connectivity index (χ3v) is 4.88. The Hall–Kier alpha value is -1.29. The van der Waals surface area contributed by atoms with Crippen molar-refractivity contribution in [3.63, 3.8) is 0 Å². The van der Waals surface area contributed by atoms with Gasteiger partial charge in [-0.25, -0.2) is 15.0 Å². The van der Waals surface area contributed by atoms with Gasteiger partial charge in [0.05, 0.1) is 6.61 Å². The highest BCUT2D eigenvalue weighted by Crippen LogP contribution is 2.48. The van der Waals surface area contributed by atoms with Gasteiger partial charge in [-0.1, -0.05) is 6.92 Å². The number of fused-ring (bicyclic) bond motifs is 3. The number of aliphatic hydroxyl groups excluding tert-OH is 1. The molecule has 2 aliphatic rings. The van der Waals surface area contributed by atoms with Crippen LogP contribution in [0, 0.1) is 0 Å². The largest absolute Gasteiger partial charge is 0.387 e. The van der Waals surface area contributed by atoms with Gasteiger partial charge in [0.25, 0.3) is 0 Å². The van der Waals surface area contributed by atoms with Gasteiger partial charge in [-0.15, -0.1) is 0 Å². The molecule has 4 atom stereocenters. The fourth-order valence-electron chi connectivity index (χ4n) is 3.08. The van der Waals surface area contributed by atoms with Crippen LogP contribution >= 0.6 is 15.9 Å². The van der Waals surface area contributed by atoms with E-state index in [9.17, 15) is 5.11 Å². The standard InChI is InChI=1S/C12H14BrN5O3/c1-2-12-3-20-6(7(12)19)10(21-12)18-9-5(17-11(18)13)8(14)15-4-16-9/h4,6-7,10,19H,2-3H2,1H3,(H2,14,15,16)/t6-,7?,10+,12-/m0/s1. The fraction of sp³-hybridized carbons (Fsp3) is 0.583. The lowest BCUT2D eigenvalue weighted by Crippen LogP contribution is -2.39. The second-order valence-corrected chi connectivity index (χ2v) is 6.04. The predicted molar refractivity (Wildman–Crippen MR) is 76.3 cm³/mol. The molecule has 1 unspecified atom stereocenters. The van der Waals surface area contributed by atoms with Crippen LogP contribution in [0.3, 0.4) is 0 Å². The number of anilines is 1. The molecule has 2 aromatic rings. The van der Waals surface area contributed by atoms with Crippen LogP contribution in [0.2, 0.25) is 0 Å². The van der Waals surface area contributed by atoms with Crippen molar-refractivity contribution >= 4 is 32.9 Å². The molecule has 9 heteroatoms. The number of nitrogens with zero attached hydrogens (tertiary/aromatic N) is 4. The highest BCUT2D eigenvalue weighted by molar-refractivity contribution is 9.10. The second kappa shape index (κ2) is 4.35. The summed E-state index contributed by atoms with van der Waals surface area (Å²) < 4.78 is 14.1. The number of rotatable bonds is 2. The van der Waals surface area contributed by atoms with Crippen molar-refractivity contribution in [2.24, 2.45) is 0 Å². The van der Waals surface area contributed by atoms with E-state index in [0.29, 0.717) is 34.7 Å². The number of nitrogens with two attached hydrogens (primary N) is 1. The van der Waals surface area contributed by atoms with Crippen LogP contribution < -0.4 is 5.73 Å². The molecule has 0 aromatic carbocycles. The van der Waals surface area contributed by atoms with Gasteiger partial charge >= 0.3 is 0 Å². The minimum absolute atomic E-state index is 0.300. The summed E-state index contributed by atoms with van der Waals surface area (Å²) in [4.78, 5) is 12.5. The lowest BCUT2D eigenvalue weighted by molar-refractivity contribution is -0.173. The van der Waals surface area contributed by atoms with Gasteiger partial charge in [-0.05, 0) is 22.4 Å². The lowest BCUT2D eigenvalue weighted by atomic mass is 9.96. The van der Waals surface area contributed by atoms with E-state index >= 15 is 0 Å². The Morgan fingerprint density at radius 1 is 1.57 bits per heavy atom. The first-order valence-electron chi connectivity index (χ1n) is 6.69. The number of aromatic nitrogens is 4. The zero-order valence-corrected chi connectivity index (χ0v) is 12.8. The van der Waals surface area contributed by atoms with Gasteiger partial charge in [-0.2, -0.15) is 0 Å². The van der Waals surface area contributed by atoms with Crippen LogP contribution in [-0.4, -0.2) is 49.0 Å². The van der Waals surface area contributed by atoms with Gasteiger partial charge in [-0.3, -0.25) is 4.57 Å². The van der Waals surface area contributed by atoms with Crippen LogP contribution in [-0.2, 0) is 9.47 Å². The Bertz CT molecular complexity index is 722. The van der Waals surface area contributed by atoms with Crippen LogP contribution in [0.25, 0.3) is 11.2 Å². The molecule has 4 rings (SSSR count). The van der Waals surface area contributed by atoms with Crippen molar-refractivity contribution in [2.75, 3.05) is 12.3 Å². The first-order valence-corrected chi connectivity index (χ1v) is 7.48. The monoisotopic (exact) mass is 355 g/mol. The summed E-state index contributed by atoms with van der Waals surface area (Å²) in [5, 5.41) is 10.4. The molecule has 0 aliphatic carbocycles. The molecule has 21 heavy (non-hydrogen) atoms. The Kier molecular flexibility index (Phi) is 2.77. The average Bonchev–Trinajstić information content (AvgIpc) is 3.07. The summed E-state index contributed by atoms with van der Waals surface area (Å²) in [5.41, 5.74) is 6.21. The van der Waals surface area contributed by atoms with Crippen LogP contribution in [0.5, 0.6) is 0 Å². The first kappa shape index (κ1) is 13.4. The third-order valence-electron chi connectivity index (χ3n) is 4.32. The van der Waals surface area contributed by atoms with Crippen molar-refractivity contribution in [3.05, 3.63) is 11.1 Å². The number of ether oxygens (including phenoxy) is 2. The molecule has 112 valence electrons. The van der Waals surface area contributed by atoms with Gasteiger partial charge in [0.1, 0.15) is 24.1 Å². The lowest BCUT2D eigenvalue weighted by Gasteiger charge is -2.30. The van der Waals surface area contributed by atoms with E-state index in [2.05, 4.69) is 30.9 Å². The molecule has 4 heterocycles. The predicted octanol–water partition coefficient (Wildman–Crippen LogP) is 0.608. The number of hydrogen-bond acceptors (Lipinski definition) is 7. The van der Waals surface area contributed by atoms with E-state index in [4.69, 9.17) is 15.2 Å². The summed E-state index contributed by atoms with van der Waals surface area (Å²) in [7, 11) is 0. The zero-order valence-electron chi connectivity index (χ0n) is 11.2. The summed E-state index contributed by atoms with van der Waals surface area (Å²) in [5.74, 6) is 0.300. The Balaban J connectivity index is 1.86. The molecule has 2 fully saturated rings. The maximum atomic E-state index is 10.4. The van der Waals surface area contributed by atoms with Crippen molar-refractivity contribution in [3.8, 4) is 0 Å². The first-order chi connectivity index (χ1) is 10.1. The van der Waals surface area contributed by atoms with Gasteiger partial charge < -0.3 is 20.3 Å². The molecular weight excluding hydrogens is 342 g/mol. The van der Waals surface area contributed by atoms with Gasteiger partial charge in [0.2, 0.25) is 0 Å². The summed E-state index contributed by atoms with van der Waals surface area (Å²) >= 11 is 3.40. The minimum Gasteiger partial charge on any atom is -0.387 e. The van der Waals surface area contributed by atoms with Gasteiger partial charge in [0.15, 0.2) is 27.9 Å². The van der Waals surface area contributed by atoms with E-state index in [1.165, 1.54) is 6.33 Å². The SMILES string of the molecule is CC[C@]12CO[C@@H](C1O)[C@H](n1c(Br)nc3c(N)ncnc31)O2. The molecule has 8 nitrogen and oxygen atoms in total. The number of imidazole rings is 1. The van der Waals surface area contributed by atoms with E-state index in [-0.39, 0.29) is 0 Å². The molecule has 2 aromatic heterocycles. The summed E-state index contributed by atoms with van der Waals surface area (Å²) in [6.07, 6.45) is 0.429. The number of halogens is 1. The molecule has 0 amide bonds. The Morgan fingerprint density at radius 3 is 3.10 bits per heavy atom. The van der Waals surface area contributed by atoms with Crippen molar-refractivity contribution in [2.45, 2.75) is 37.4 Å². The molecule has 0 saturated carbocycles. The number of hydrogen-bond donors (Lipinski definition) is 2. The van der Waals surface area contributed by atoms with Gasteiger partial charge in [0, 0.05) is 0 Å². The molecule has 3 N–H and O–H groups in total. The summed E-state index contributed by atoms with van der Waals surface area (Å²) in [6.45, 7) is 2.37. The van der Waals surface area contributed by atoms with E-state index in [0.717, 1.165) is 0 Å². The van der Waals surface area contributed by atoms with E-state index in [1.54, 1.807) is 4.57 Å². The molecule has 2 aliphatic heterocycles. The van der Waals surface area contributed by atoms with Crippen LogP contribution in [0.1, 0.15) is 19.6 Å². The highest BCUT2D eigenvalue weighted by Gasteiger charge is 2.61. The molecule has 0 spiro atoms. The molecule has 0 radical (unpaired) electrons. The topological polar surface area (TPSA) is 108 Å². The molecule has 2 bridgehead atoms. The molecular formula is C12H14BrN5O3.